The lowest BCUT2D eigenvalue weighted by atomic mass is 9.93. The van der Waals surface area contributed by atoms with Gasteiger partial charge in [0.05, 0.1) is 0 Å². The van der Waals surface area contributed by atoms with Crippen molar-refractivity contribution in [3.63, 3.8) is 0 Å². The second-order valence-corrected chi connectivity index (χ2v) is 16.1. The van der Waals surface area contributed by atoms with E-state index < -0.39 is 0 Å². The van der Waals surface area contributed by atoms with Crippen LogP contribution in [0.2, 0.25) is 0 Å². The Hall–Kier alpha value is -6.79. The molecule has 8 aromatic carbocycles. The third-order valence-electron chi connectivity index (χ3n) is 10.5. The minimum atomic E-state index is 0.662. The predicted molar refractivity (Wildman–Crippen MR) is 238 cm³/mol. The van der Waals surface area contributed by atoms with Crippen LogP contribution in [0, 0.1) is 0 Å². The molecule has 0 bridgehead atoms. The third-order valence-corrected chi connectivity index (χ3v) is 12.9. The first-order chi connectivity index (χ1) is 27.7. The molecule has 0 amide bonds. The lowest BCUT2D eigenvalue weighted by Gasteiger charge is -2.11. The maximum Gasteiger partial charge on any atom is 0.164 e. The Morgan fingerprint density at radius 2 is 0.821 bits per heavy atom. The van der Waals surface area contributed by atoms with E-state index in [-0.39, 0.29) is 0 Å². The van der Waals surface area contributed by atoms with Crippen LogP contribution in [0.15, 0.2) is 188 Å². The molecule has 0 unspecified atom stereocenters. The van der Waals surface area contributed by atoms with E-state index in [0.717, 1.165) is 16.7 Å². The van der Waals surface area contributed by atoms with E-state index in [4.69, 9.17) is 15.0 Å². The molecule has 56 heavy (non-hydrogen) atoms. The minimum Gasteiger partial charge on any atom is -0.208 e. The molecule has 5 heteroatoms. The highest BCUT2D eigenvalue weighted by Gasteiger charge is 2.18. The smallest absolute Gasteiger partial charge is 0.164 e. The molecule has 3 aromatic heterocycles. The highest BCUT2D eigenvalue weighted by atomic mass is 32.1. The van der Waals surface area contributed by atoms with Crippen molar-refractivity contribution in [2.75, 3.05) is 0 Å². The van der Waals surface area contributed by atoms with Crippen LogP contribution >= 0.6 is 22.7 Å². The fourth-order valence-corrected chi connectivity index (χ4v) is 10.3. The highest BCUT2D eigenvalue weighted by Crippen LogP contribution is 2.46. The molecule has 0 spiro atoms. The Kier molecular flexibility index (Phi) is 7.87. The van der Waals surface area contributed by atoms with Gasteiger partial charge in [0.25, 0.3) is 0 Å². The van der Waals surface area contributed by atoms with E-state index in [1.54, 1.807) is 0 Å². The zero-order valence-electron chi connectivity index (χ0n) is 30.1. The Bertz CT molecular complexity index is 3170. The van der Waals surface area contributed by atoms with Gasteiger partial charge in [0, 0.05) is 57.0 Å². The fraction of sp³-hybridized carbons (Fsp3) is 0. The van der Waals surface area contributed by atoms with Gasteiger partial charge in [-0.25, -0.2) is 15.0 Å². The molecule has 0 saturated heterocycles. The average Bonchev–Trinajstić information content (AvgIpc) is 3.85. The number of thiophene rings is 2. The van der Waals surface area contributed by atoms with Gasteiger partial charge in [-0.2, -0.15) is 0 Å². The second-order valence-electron chi connectivity index (χ2n) is 14.0. The van der Waals surface area contributed by atoms with Crippen LogP contribution in [0.5, 0.6) is 0 Å². The molecule has 11 aromatic rings. The van der Waals surface area contributed by atoms with E-state index in [2.05, 4.69) is 127 Å². The molecular formula is C51H31N3S2. The zero-order chi connectivity index (χ0) is 37.0. The van der Waals surface area contributed by atoms with Gasteiger partial charge in [-0.05, 0) is 57.6 Å². The summed E-state index contributed by atoms with van der Waals surface area (Å²) in [6.07, 6.45) is 0. The summed E-state index contributed by atoms with van der Waals surface area (Å²) in [7, 11) is 0. The zero-order valence-corrected chi connectivity index (χ0v) is 31.7. The first-order valence-electron chi connectivity index (χ1n) is 18.7. The van der Waals surface area contributed by atoms with Gasteiger partial charge >= 0.3 is 0 Å². The maximum absolute atomic E-state index is 5.02. The van der Waals surface area contributed by atoms with Gasteiger partial charge in [0.2, 0.25) is 0 Å². The monoisotopic (exact) mass is 749 g/mol. The molecule has 3 heterocycles. The lowest BCUT2D eigenvalue weighted by molar-refractivity contribution is 1.07. The van der Waals surface area contributed by atoms with Crippen LogP contribution in [0.25, 0.3) is 108 Å². The van der Waals surface area contributed by atoms with Crippen LogP contribution in [0.4, 0.5) is 0 Å². The van der Waals surface area contributed by atoms with Gasteiger partial charge in [0.15, 0.2) is 17.5 Å². The van der Waals surface area contributed by atoms with Crippen molar-refractivity contribution in [2.45, 2.75) is 0 Å². The number of rotatable bonds is 6. The van der Waals surface area contributed by atoms with Crippen molar-refractivity contribution in [2.24, 2.45) is 0 Å². The van der Waals surface area contributed by atoms with Crippen molar-refractivity contribution < 1.29 is 0 Å². The van der Waals surface area contributed by atoms with Gasteiger partial charge in [-0.3, -0.25) is 0 Å². The number of fused-ring (bicyclic) bond motifs is 6. The first-order valence-corrected chi connectivity index (χ1v) is 20.3. The van der Waals surface area contributed by atoms with Crippen molar-refractivity contribution in [1.82, 2.24) is 15.0 Å². The van der Waals surface area contributed by atoms with E-state index in [0.29, 0.717) is 17.5 Å². The second kappa shape index (κ2) is 13.5. The Morgan fingerprint density at radius 3 is 1.52 bits per heavy atom. The summed E-state index contributed by atoms with van der Waals surface area (Å²) in [5.74, 6) is 1.99. The lowest BCUT2D eigenvalue weighted by Crippen LogP contribution is -1.99. The summed E-state index contributed by atoms with van der Waals surface area (Å²) in [4.78, 5) is 14.9. The van der Waals surface area contributed by atoms with Crippen molar-refractivity contribution in [1.29, 1.82) is 0 Å². The summed E-state index contributed by atoms with van der Waals surface area (Å²) in [6, 6.07) is 66.9. The molecule has 0 radical (unpaired) electrons. The molecule has 0 N–H and O–H groups in total. The average molecular weight is 750 g/mol. The van der Waals surface area contributed by atoms with Crippen LogP contribution in [-0.4, -0.2) is 15.0 Å². The number of hydrogen-bond acceptors (Lipinski definition) is 5. The standard InChI is InChI=1S/C51H31N3S2/c1-4-13-32(14-5-1)33-23-25-34(26-24-33)43-29-38(31-46-47(43)42-19-10-11-22-44(42)55-46)39-20-12-21-41-40-28-27-37(30-45(40)56-48(39)41)51-53-49(35-15-6-2-7-16-35)52-50(54-51)36-17-8-3-9-18-36/h1-31H. The Labute approximate surface area is 331 Å². The van der Waals surface area contributed by atoms with Gasteiger partial charge in [0.1, 0.15) is 0 Å². The maximum atomic E-state index is 5.02. The van der Waals surface area contributed by atoms with Gasteiger partial charge < -0.3 is 0 Å². The van der Waals surface area contributed by atoms with E-state index in [1.165, 1.54) is 73.7 Å². The van der Waals surface area contributed by atoms with Crippen LogP contribution in [0.3, 0.4) is 0 Å². The van der Waals surface area contributed by atoms with E-state index in [1.807, 2.05) is 83.3 Å². The quantitative estimate of drug-likeness (QED) is 0.170. The molecule has 0 fully saturated rings. The predicted octanol–water partition coefficient (Wildman–Crippen LogP) is 14.6. The molecule has 0 saturated carbocycles. The van der Waals surface area contributed by atoms with Crippen molar-refractivity contribution >= 4 is 63.0 Å². The van der Waals surface area contributed by atoms with Crippen molar-refractivity contribution in [3.8, 4) is 67.5 Å². The first kappa shape index (κ1) is 32.6. The fourth-order valence-electron chi connectivity index (χ4n) is 7.81. The number of benzene rings is 8. The third kappa shape index (κ3) is 5.68. The highest BCUT2D eigenvalue weighted by molar-refractivity contribution is 7.26. The van der Waals surface area contributed by atoms with Crippen LogP contribution in [0.1, 0.15) is 0 Å². The summed E-state index contributed by atoms with van der Waals surface area (Å²) >= 11 is 3.71. The Morgan fingerprint density at radius 1 is 0.286 bits per heavy atom. The summed E-state index contributed by atoms with van der Waals surface area (Å²) < 4.78 is 5.08. The van der Waals surface area contributed by atoms with E-state index in [9.17, 15) is 0 Å². The number of hydrogen-bond donors (Lipinski definition) is 0. The molecule has 0 aliphatic rings. The van der Waals surface area contributed by atoms with Crippen LogP contribution in [-0.2, 0) is 0 Å². The van der Waals surface area contributed by atoms with Gasteiger partial charge in [-0.1, -0.05) is 164 Å². The molecule has 11 rings (SSSR count). The Balaban J connectivity index is 1.06. The van der Waals surface area contributed by atoms with Crippen molar-refractivity contribution in [3.05, 3.63) is 188 Å². The van der Waals surface area contributed by atoms with E-state index >= 15 is 0 Å². The minimum absolute atomic E-state index is 0.662. The number of aromatic nitrogens is 3. The topological polar surface area (TPSA) is 38.7 Å². The summed E-state index contributed by atoms with van der Waals surface area (Å²) in [5, 5.41) is 5.11. The molecule has 3 nitrogen and oxygen atoms in total. The van der Waals surface area contributed by atoms with Gasteiger partial charge in [-0.15, -0.1) is 22.7 Å². The SMILES string of the molecule is c1ccc(-c2ccc(-c3cc(-c4cccc5c4sc4cc(-c6nc(-c7ccccc7)nc(-c7ccccc7)n6)ccc45)cc4sc5ccccc5c34)cc2)cc1. The molecule has 262 valence electrons. The molecule has 0 atom stereocenters. The number of nitrogens with zero attached hydrogens (tertiary/aromatic N) is 3. The summed E-state index contributed by atoms with van der Waals surface area (Å²) in [5.41, 5.74) is 10.3. The summed E-state index contributed by atoms with van der Waals surface area (Å²) in [6.45, 7) is 0. The largest absolute Gasteiger partial charge is 0.208 e. The molecule has 0 aliphatic heterocycles. The molecule has 0 aliphatic carbocycles. The normalized spacial score (nSPS) is 11.6. The van der Waals surface area contributed by atoms with Crippen LogP contribution < -0.4 is 0 Å². The molecular weight excluding hydrogens is 719 g/mol.